The third kappa shape index (κ3) is 15.3. The Morgan fingerprint density at radius 2 is 1.30 bits per heavy atom. The largest absolute Gasteiger partial charge is 2.00 e. The molecule has 0 aromatic carbocycles. The van der Waals surface area contributed by atoms with Crippen molar-refractivity contribution in [3.8, 4) is 0 Å². The third-order valence-corrected chi connectivity index (χ3v) is 2.91. The summed E-state index contributed by atoms with van der Waals surface area (Å²) in [5.74, 6) is -1.96. The molecule has 0 heterocycles. The molecular weight excluding hydrogens is 332 g/mol. The van der Waals surface area contributed by atoms with Gasteiger partial charge in [-0.15, -0.1) is 6.92 Å². The summed E-state index contributed by atoms with van der Waals surface area (Å²) in [6.07, 6.45) is 5.10. The van der Waals surface area contributed by atoms with Crippen LogP contribution in [0.5, 0.6) is 0 Å². The van der Waals surface area contributed by atoms with Crippen molar-refractivity contribution in [2.75, 3.05) is 7.11 Å². The van der Waals surface area contributed by atoms with Crippen LogP contribution in [0.2, 0.25) is 0 Å². The molecule has 0 aromatic rings. The van der Waals surface area contributed by atoms with Crippen LogP contribution in [0.4, 0.5) is 0 Å². The maximum Gasteiger partial charge on any atom is 2.00 e. The molecule has 0 aliphatic heterocycles. The first-order valence-electron chi connectivity index (χ1n) is 6.41. The zero-order valence-electron chi connectivity index (χ0n) is 14.7. The van der Waals surface area contributed by atoms with Crippen LogP contribution in [-0.4, -0.2) is 29.3 Å². The Morgan fingerprint density at radius 1 is 1.04 bits per heavy atom. The quantitative estimate of drug-likeness (QED) is 0.449. The topological polar surface area (TPSA) is 97.7 Å². The smallest absolute Gasteiger partial charge is 0.857 e. The van der Waals surface area contributed by atoms with E-state index in [0.29, 0.717) is 0 Å². The fourth-order valence-electron chi connectivity index (χ4n) is 1.41. The number of rotatable bonds is 2. The van der Waals surface area contributed by atoms with E-state index in [1.807, 2.05) is 0 Å². The summed E-state index contributed by atoms with van der Waals surface area (Å²) in [5, 5.41) is 23.5. The van der Waals surface area contributed by atoms with Crippen molar-refractivity contribution in [2.45, 2.75) is 34.6 Å². The molecule has 0 radical (unpaired) electrons. The van der Waals surface area contributed by atoms with Crippen LogP contribution in [0.1, 0.15) is 34.6 Å². The van der Waals surface area contributed by atoms with E-state index >= 15 is 0 Å². The van der Waals surface area contributed by atoms with Crippen molar-refractivity contribution < 1.29 is 46.6 Å². The molecule has 0 spiro atoms. The van der Waals surface area contributed by atoms with E-state index < -0.39 is 11.9 Å². The number of allylic oxidation sites excluding steroid dienone is 4. The van der Waals surface area contributed by atoms with Gasteiger partial charge in [0, 0.05) is 12.2 Å². The van der Waals surface area contributed by atoms with Crippen LogP contribution in [0.15, 0.2) is 42.0 Å². The summed E-state index contributed by atoms with van der Waals surface area (Å²) >= 11 is 0. The van der Waals surface area contributed by atoms with Gasteiger partial charge in [0.25, 0.3) is 0 Å². The number of hydrogen-bond donors (Lipinski definition) is 2. The van der Waals surface area contributed by atoms with E-state index in [1.165, 1.54) is 16.7 Å². The second kappa shape index (κ2) is 15.5. The van der Waals surface area contributed by atoms with Crippen LogP contribution in [-0.2, 0) is 31.3 Å². The molecule has 2 N–H and O–H groups in total. The molecule has 23 heavy (non-hydrogen) atoms. The molecule has 1 rings (SSSR count). The van der Waals surface area contributed by atoms with Crippen LogP contribution in [0.25, 0.3) is 0 Å². The van der Waals surface area contributed by atoms with E-state index in [0.717, 1.165) is 19.3 Å². The van der Waals surface area contributed by atoms with Crippen LogP contribution in [0.3, 0.4) is 0 Å². The second-order valence-corrected chi connectivity index (χ2v) is 4.71. The third-order valence-electron chi connectivity index (χ3n) is 2.91. The average molecular weight is 358 g/mol. The minimum absolute atomic E-state index is 0. The molecule has 0 amide bonds. The van der Waals surface area contributed by atoms with Gasteiger partial charge in [0.2, 0.25) is 0 Å². The van der Waals surface area contributed by atoms with Crippen LogP contribution >= 0.6 is 0 Å². The molecule has 0 saturated heterocycles. The fourth-order valence-corrected chi connectivity index (χ4v) is 1.41. The fraction of sp³-hybridized carbons (Fsp3) is 0.412. The van der Waals surface area contributed by atoms with Gasteiger partial charge in [0.1, 0.15) is 0 Å². The predicted molar refractivity (Wildman–Crippen MR) is 86.2 cm³/mol. The molecule has 0 bridgehead atoms. The molecule has 128 valence electrons. The van der Waals surface area contributed by atoms with Crippen molar-refractivity contribution in [2.24, 2.45) is 5.41 Å². The van der Waals surface area contributed by atoms with Gasteiger partial charge in [-0.1, -0.05) is 46.3 Å². The maximum atomic E-state index is 9.25. The minimum atomic E-state index is -0.981. The molecule has 6 heteroatoms. The van der Waals surface area contributed by atoms with Gasteiger partial charge in [0.15, 0.2) is 0 Å². The van der Waals surface area contributed by atoms with Gasteiger partial charge in [-0.25, -0.2) is 15.2 Å². The predicted octanol–water partition coefficient (Wildman–Crippen LogP) is 2.60. The van der Waals surface area contributed by atoms with Gasteiger partial charge >= 0.3 is 33.7 Å². The van der Waals surface area contributed by atoms with Gasteiger partial charge in [-0.3, -0.25) is 6.08 Å². The van der Waals surface area contributed by atoms with E-state index in [2.05, 4.69) is 53.9 Å². The number of aliphatic carboxylic acids is 2. The summed E-state index contributed by atoms with van der Waals surface area (Å²) in [6, 6.07) is 0. The molecule has 5 nitrogen and oxygen atoms in total. The molecule has 0 aromatic heterocycles. The Bertz CT molecular complexity index is 442. The summed E-state index contributed by atoms with van der Waals surface area (Å²) in [4.78, 5) is 18.5. The molecule has 1 aliphatic rings. The molecule has 0 saturated carbocycles. The average Bonchev–Trinajstić information content (AvgIpc) is 2.64. The normalized spacial score (nSPS) is 13.3. The Kier molecular flexibility index (Phi) is 19.9. The standard InChI is InChI=1S/C10H15.2C3H4O2.CH3O.Ti/c1-7-6-10(4,5)9(3)8(7)2;2*1-2-3(4)5;1-2;/h1-5H3;2*2H,1H2,(H,4,5);1H3;/q-1;;;-1;+2. The molecule has 0 fully saturated rings. The SMILES string of the molecule is C=CC(=O)O.C=CC(=O)O.CC1=[C-]C(C)(C)C(C)=C1C.C[O-].[Ti+2]. The van der Waals surface area contributed by atoms with Gasteiger partial charge < -0.3 is 15.3 Å². The molecule has 0 atom stereocenters. The summed E-state index contributed by atoms with van der Waals surface area (Å²) in [5.41, 5.74) is 4.39. The molecule has 1 aliphatic carbocycles. The number of carboxylic acids is 2. The van der Waals surface area contributed by atoms with E-state index in [9.17, 15) is 9.59 Å². The van der Waals surface area contributed by atoms with Gasteiger partial charge in [-0.05, 0) is 0 Å². The van der Waals surface area contributed by atoms with Crippen LogP contribution < -0.4 is 5.11 Å². The first kappa shape index (κ1) is 29.6. The Balaban J connectivity index is -0.000000120. The zero-order valence-corrected chi connectivity index (χ0v) is 16.2. The molecule has 0 unspecified atom stereocenters. The van der Waals surface area contributed by atoms with E-state index in [4.69, 9.17) is 15.3 Å². The zero-order chi connectivity index (χ0) is 18.5. The molecular formula is C17H26O5Ti. The van der Waals surface area contributed by atoms with Crippen molar-refractivity contribution in [3.63, 3.8) is 0 Å². The second-order valence-electron chi connectivity index (χ2n) is 4.71. The minimum Gasteiger partial charge on any atom is -0.857 e. The summed E-state index contributed by atoms with van der Waals surface area (Å²) in [7, 11) is 0.750. The number of carbonyl (C=O) groups is 2. The van der Waals surface area contributed by atoms with Crippen molar-refractivity contribution >= 4 is 11.9 Å². The monoisotopic (exact) mass is 358 g/mol. The Morgan fingerprint density at radius 3 is 1.35 bits per heavy atom. The van der Waals surface area contributed by atoms with Crippen molar-refractivity contribution in [1.29, 1.82) is 0 Å². The van der Waals surface area contributed by atoms with Crippen LogP contribution in [0, 0.1) is 11.5 Å². The Labute approximate surface area is 154 Å². The number of hydrogen-bond acceptors (Lipinski definition) is 3. The van der Waals surface area contributed by atoms with E-state index in [-0.39, 0.29) is 27.1 Å². The Hall–Kier alpha value is -1.43. The van der Waals surface area contributed by atoms with Gasteiger partial charge in [0.05, 0.1) is 0 Å². The first-order valence-corrected chi connectivity index (χ1v) is 6.41. The summed E-state index contributed by atoms with van der Waals surface area (Å²) in [6.45, 7) is 16.8. The van der Waals surface area contributed by atoms with E-state index in [1.54, 1.807) is 0 Å². The van der Waals surface area contributed by atoms with Gasteiger partial charge in [-0.2, -0.15) is 18.3 Å². The van der Waals surface area contributed by atoms with Crippen molar-refractivity contribution in [3.05, 3.63) is 48.1 Å². The number of carboxylic acid groups (broad SMARTS) is 2. The maximum absolute atomic E-state index is 9.25. The first-order chi connectivity index (χ1) is 9.99. The summed E-state index contributed by atoms with van der Waals surface area (Å²) < 4.78 is 0. The van der Waals surface area contributed by atoms with Crippen molar-refractivity contribution in [1.82, 2.24) is 0 Å².